The summed E-state index contributed by atoms with van der Waals surface area (Å²) < 4.78 is 11.2. The lowest BCUT2D eigenvalue weighted by atomic mass is 9.81. The van der Waals surface area contributed by atoms with Gasteiger partial charge >= 0.3 is 0 Å². The number of halogens is 1. The summed E-state index contributed by atoms with van der Waals surface area (Å²) in [5.74, 6) is 1.58. The Balaban J connectivity index is 2.30. The summed E-state index contributed by atoms with van der Waals surface area (Å²) >= 11 is 2.88. The van der Waals surface area contributed by atoms with E-state index >= 15 is 0 Å². The maximum Gasteiger partial charge on any atom is 0.287 e. The fourth-order valence-corrected chi connectivity index (χ4v) is 2.45. The molecule has 1 heterocycles. The van der Waals surface area contributed by atoms with E-state index in [1.54, 1.807) is 0 Å². The van der Waals surface area contributed by atoms with Gasteiger partial charge in [0.05, 0.1) is 0 Å². The quantitative estimate of drug-likeness (QED) is 0.685. The molecule has 0 spiro atoms. The first kappa shape index (κ1) is 14.2. The summed E-state index contributed by atoms with van der Waals surface area (Å²) in [6.07, 6.45) is 0. The molecular formula is C14H18BrNO3. The van der Waals surface area contributed by atoms with Crippen LogP contribution in [-0.4, -0.2) is 24.6 Å². The lowest BCUT2D eigenvalue weighted by molar-refractivity contribution is 0.171. The van der Waals surface area contributed by atoms with Crippen LogP contribution in [0.3, 0.4) is 0 Å². The zero-order chi connectivity index (χ0) is 14.0. The van der Waals surface area contributed by atoms with Gasteiger partial charge in [0, 0.05) is 27.9 Å². The number of ether oxygens (including phenoxy) is 2. The molecule has 2 rings (SSSR count). The number of amides is 1. The number of nitrogens with one attached hydrogen (secondary N) is 1. The lowest BCUT2D eigenvalue weighted by Crippen LogP contribution is -2.34. The Labute approximate surface area is 121 Å². The minimum absolute atomic E-state index is 0.177. The first-order valence-electron chi connectivity index (χ1n) is 6.24. The molecule has 4 nitrogen and oxygen atoms in total. The monoisotopic (exact) mass is 327 g/mol. The number of aryl methyl sites for hydroxylation is 1. The number of benzene rings is 1. The van der Waals surface area contributed by atoms with Gasteiger partial charge in [0.25, 0.3) is 4.82 Å². The second-order valence-electron chi connectivity index (χ2n) is 5.32. The molecule has 5 heteroatoms. The Kier molecular flexibility index (Phi) is 4.04. The van der Waals surface area contributed by atoms with Gasteiger partial charge in [0.1, 0.15) is 13.2 Å². The third-order valence-corrected chi connectivity index (χ3v) is 3.57. The number of rotatable bonds is 3. The fraction of sp³-hybridized carbons (Fsp3) is 0.500. The van der Waals surface area contributed by atoms with Gasteiger partial charge in [0.2, 0.25) is 0 Å². The predicted molar refractivity (Wildman–Crippen MR) is 77.5 cm³/mol. The maximum atomic E-state index is 11.0. The highest BCUT2D eigenvalue weighted by atomic mass is 79.9. The van der Waals surface area contributed by atoms with Crippen molar-refractivity contribution in [1.82, 2.24) is 5.32 Å². The average Bonchev–Trinajstić information content (AvgIpc) is 2.35. The van der Waals surface area contributed by atoms with Gasteiger partial charge in [-0.3, -0.25) is 4.79 Å². The van der Waals surface area contributed by atoms with Gasteiger partial charge in [-0.15, -0.1) is 0 Å². The first-order chi connectivity index (χ1) is 8.90. The molecule has 0 radical (unpaired) electrons. The van der Waals surface area contributed by atoms with Crippen LogP contribution in [0.1, 0.15) is 25.0 Å². The molecule has 1 aromatic rings. The number of hydrogen-bond acceptors (Lipinski definition) is 3. The van der Waals surface area contributed by atoms with Crippen molar-refractivity contribution >= 4 is 20.7 Å². The molecule has 1 amide bonds. The molecule has 0 saturated carbocycles. The van der Waals surface area contributed by atoms with E-state index < -0.39 is 0 Å². The molecule has 1 aromatic carbocycles. The third kappa shape index (κ3) is 3.21. The highest BCUT2D eigenvalue weighted by Gasteiger charge is 2.26. The Bertz CT molecular complexity index is 500. The van der Waals surface area contributed by atoms with Crippen LogP contribution in [0, 0.1) is 6.92 Å². The van der Waals surface area contributed by atoms with Crippen LogP contribution < -0.4 is 14.8 Å². The van der Waals surface area contributed by atoms with Crippen LogP contribution in [0.4, 0.5) is 4.79 Å². The molecular weight excluding hydrogens is 310 g/mol. The van der Waals surface area contributed by atoms with Gasteiger partial charge in [0.15, 0.2) is 11.5 Å². The molecule has 1 aliphatic rings. The fourth-order valence-electron chi connectivity index (χ4n) is 2.31. The standard InChI is InChI=1S/C14H18BrNO3/c1-9-6-11-12(19-5-4-18-11)7-10(9)14(2,3)8-16-13(15)17/h6-7H,4-5,8H2,1-3H3,(H,16,17). The molecule has 0 unspecified atom stereocenters. The van der Waals surface area contributed by atoms with Crippen LogP contribution in [0.15, 0.2) is 12.1 Å². The second kappa shape index (κ2) is 5.41. The van der Waals surface area contributed by atoms with Crippen LogP contribution >= 0.6 is 15.9 Å². The maximum absolute atomic E-state index is 11.0. The zero-order valence-electron chi connectivity index (χ0n) is 11.4. The summed E-state index contributed by atoms with van der Waals surface area (Å²) in [7, 11) is 0. The van der Waals surface area contributed by atoms with Crippen molar-refractivity contribution in [2.24, 2.45) is 0 Å². The second-order valence-corrected chi connectivity index (χ2v) is 6.04. The molecule has 0 aromatic heterocycles. The van der Waals surface area contributed by atoms with Gasteiger partial charge in [-0.2, -0.15) is 0 Å². The highest BCUT2D eigenvalue weighted by Crippen LogP contribution is 2.37. The van der Waals surface area contributed by atoms with Crippen molar-refractivity contribution in [1.29, 1.82) is 0 Å². The van der Waals surface area contributed by atoms with Crippen LogP contribution in [0.2, 0.25) is 0 Å². The minimum atomic E-state index is -0.198. The topological polar surface area (TPSA) is 47.6 Å². The molecule has 0 fully saturated rings. The molecule has 1 N–H and O–H groups in total. The Morgan fingerprint density at radius 2 is 1.89 bits per heavy atom. The molecule has 0 saturated heterocycles. The summed E-state index contributed by atoms with van der Waals surface area (Å²) in [4.78, 5) is 10.8. The SMILES string of the molecule is Cc1cc2c(cc1C(C)(C)CNC(=O)Br)OCCO2. The first-order valence-corrected chi connectivity index (χ1v) is 7.03. The number of carbonyl (C=O) groups excluding carboxylic acids is 1. The third-order valence-electron chi connectivity index (χ3n) is 3.29. The van der Waals surface area contributed by atoms with Crippen LogP contribution in [0.25, 0.3) is 0 Å². The lowest BCUT2D eigenvalue weighted by Gasteiger charge is -2.29. The summed E-state index contributed by atoms with van der Waals surface area (Å²) in [5.41, 5.74) is 2.11. The van der Waals surface area contributed by atoms with E-state index in [2.05, 4.69) is 35.1 Å². The smallest absolute Gasteiger partial charge is 0.287 e. The normalized spacial score (nSPS) is 14.1. The van der Waals surface area contributed by atoms with Gasteiger partial charge in [-0.25, -0.2) is 0 Å². The summed E-state index contributed by atoms with van der Waals surface area (Å²) in [6.45, 7) is 7.95. The predicted octanol–water partition coefficient (Wildman–Crippen LogP) is 3.15. The molecule has 0 aliphatic carbocycles. The Morgan fingerprint density at radius 1 is 1.32 bits per heavy atom. The molecule has 104 valence electrons. The number of hydrogen-bond donors (Lipinski definition) is 1. The average molecular weight is 328 g/mol. The number of carbonyl (C=O) groups is 1. The van der Waals surface area contributed by atoms with E-state index in [0.717, 1.165) is 22.6 Å². The minimum Gasteiger partial charge on any atom is -0.486 e. The van der Waals surface area contributed by atoms with E-state index in [4.69, 9.17) is 9.47 Å². The Hall–Kier alpha value is -1.23. The summed E-state index contributed by atoms with van der Waals surface area (Å²) in [6, 6.07) is 4.02. The van der Waals surface area contributed by atoms with E-state index in [1.165, 1.54) is 0 Å². The van der Waals surface area contributed by atoms with Crippen molar-refractivity contribution < 1.29 is 14.3 Å². The van der Waals surface area contributed by atoms with E-state index in [9.17, 15) is 4.79 Å². The van der Waals surface area contributed by atoms with Crippen molar-refractivity contribution in [3.63, 3.8) is 0 Å². The highest BCUT2D eigenvalue weighted by molar-refractivity contribution is 9.18. The van der Waals surface area contributed by atoms with Gasteiger partial charge in [-0.1, -0.05) is 13.8 Å². The van der Waals surface area contributed by atoms with Crippen LogP contribution in [0.5, 0.6) is 11.5 Å². The van der Waals surface area contributed by atoms with Crippen molar-refractivity contribution in [3.8, 4) is 11.5 Å². The van der Waals surface area contributed by atoms with Crippen molar-refractivity contribution in [3.05, 3.63) is 23.3 Å². The molecule has 1 aliphatic heterocycles. The van der Waals surface area contributed by atoms with E-state index in [0.29, 0.717) is 19.8 Å². The summed E-state index contributed by atoms with van der Waals surface area (Å²) in [5, 5.41) is 2.80. The molecule has 0 bridgehead atoms. The number of fused-ring (bicyclic) bond motifs is 1. The van der Waals surface area contributed by atoms with Gasteiger partial charge < -0.3 is 14.8 Å². The van der Waals surface area contributed by atoms with E-state index in [-0.39, 0.29) is 10.2 Å². The Morgan fingerprint density at radius 3 is 2.47 bits per heavy atom. The van der Waals surface area contributed by atoms with Gasteiger partial charge in [-0.05, 0) is 30.2 Å². The van der Waals surface area contributed by atoms with Crippen molar-refractivity contribution in [2.45, 2.75) is 26.2 Å². The molecule has 0 atom stereocenters. The van der Waals surface area contributed by atoms with Crippen molar-refractivity contribution in [2.75, 3.05) is 19.8 Å². The zero-order valence-corrected chi connectivity index (χ0v) is 13.0. The molecule has 19 heavy (non-hydrogen) atoms. The van der Waals surface area contributed by atoms with E-state index in [1.807, 2.05) is 19.1 Å². The van der Waals surface area contributed by atoms with Crippen LogP contribution in [-0.2, 0) is 5.41 Å². The largest absolute Gasteiger partial charge is 0.486 e.